The van der Waals surface area contributed by atoms with Gasteiger partial charge in [0.2, 0.25) is 0 Å². The van der Waals surface area contributed by atoms with Crippen LogP contribution in [0.1, 0.15) is 21.8 Å². The van der Waals surface area contributed by atoms with E-state index >= 15 is 0 Å². The van der Waals surface area contributed by atoms with E-state index < -0.39 is 5.97 Å². The lowest BCUT2D eigenvalue weighted by molar-refractivity contribution is 0.0698. The molecule has 0 spiro atoms. The summed E-state index contributed by atoms with van der Waals surface area (Å²) >= 11 is 0. The van der Waals surface area contributed by atoms with Gasteiger partial charge in [0.1, 0.15) is 5.82 Å². The standard InChI is InChI=1S/C11H12N4O3/c1-6-2-7(18-15-6)4-13-10-3-8(11(16)17)9(12)5-14-10/h2-3,5H,4,12H2,1H3,(H,13,14)(H,16,17). The quantitative estimate of drug-likeness (QED) is 0.746. The fourth-order valence-corrected chi connectivity index (χ4v) is 1.43. The lowest BCUT2D eigenvalue weighted by Crippen LogP contribution is -2.06. The van der Waals surface area contributed by atoms with Gasteiger partial charge in [0.15, 0.2) is 5.76 Å². The molecule has 0 saturated carbocycles. The van der Waals surface area contributed by atoms with Crippen LogP contribution < -0.4 is 11.1 Å². The highest BCUT2D eigenvalue weighted by molar-refractivity contribution is 5.94. The minimum absolute atomic E-state index is 0.0150. The normalized spacial score (nSPS) is 10.3. The van der Waals surface area contributed by atoms with E-state index in [0.29, 0.717) is 18.1 Å². The molecule has 2 heterocycles. The van der Waals surface area contributed by atoms with Crippen LogP contribution in [0.3, 0.4) is 0 Å². The molecule has 0 aromatic carbocycles. The van der Waals surface area contributed by atoms with Crippen molar-refractivity contribution in [1.82, 2.24) is 10.1 Å². The smallest absolute Gasteiger partial charge is 0.337 e. The lowest BCUT2D eigenvalue weighted by Gasteiger charge is -2.05. The van der Waals surface area contributed by atoms with Gasteiger partial charge < -0.3 is 20.7 Å². The van der Waals surface area contributed by atoms with Crippen LogP contribution in [0.25, 0.3) is 0 Å². The van der Waals surface area contributed by atoms with Gasteiger partial charge in [-0.25, -0.2) is 9.78 Å². The third-order valence-electron chi connectivity index (χ3n) is 2.29. The Morgan fingerprint density at radius 3 is 2.94 bits per heavy atom. The van der Waals surface area contributed by atoms with Crippen molar-refractivity contribution >= 4 is 17.5 Å². The number of hydrogen-bond acceptors (Lipinski definition) is 6. The van der Waals surface area contributed by atoms with E-state index in [0.717, 1.165) is 5.69 Å². The molecule has 18 heavy (non-hydrogen) atoms. The Hall–Kier alpha value is -2.57. The molecule has 0 amide bonds. The molecule has 0 bridgehead atoms. The van der Waals surface area contributed by atoms with Crippen LogP contribution in [-0.2, 0) is 6.54 Å². The molecule has 0 fully saturated rings. The summed E-state index contributed by atoms with van der Waals surface area (Å²) in [5.41, 5.74) is 6.43. The summed E-state index contributed by atoms with van der Waals surface area (Å²) in [4.78, 5) is 14.9. The van der Waals surface area contributed by atoms with E-state index in [4.69, 9.17) is 15.4 Å². The molecular weight excluding hydrogens is 236 g/mol. The average Bonchev–Trinajstić information content (AvgIpc) is 2.74. The zero-order valence-corrected chi connectivity index (χ0v) is 9.67. The number of rotatable bonds is 4. The monoisotopic (exact) mass is 248 g/mol. The fraction of sp³-hybridized carbons (Fsp3) is 0.182. The minimum Gasteiger partial charge on any atom is -0.478 e. The third-order valence-corrected chi connectivity index (χ3v) is 2.29. The molecule has 4 N–H and O–H groups in total. The second-order valence-corrected chi connectivity index (χ2v) is 3.75. The largest absolute Gasteiger partial charge is 0.478 e. The number of aromatic nitrogens is 2. The van der Waals surface area contributed by atoms with Crippen LogP contribution in [0.4, 0.5) is 11.5 Å². The van der Waals surface area contributed by atoms with E-state index in [1.165, 1.54) is 12.3 Å². The number of pyridine rings is 1. The van der Waals surface area contributed by atoms with Crippen LogP contribution in [-0.4, -0.2) is 21.2 Å². The lowest BCUT2D eigenvalue weighted by atomic mass is 10.2. The SMILES string of the molecule is Cc1cc(CNc2cc(C(=O)O)c(N)cn2)on1. The molecule has 0 aliphatic carbocycles. The summed E-state index contributed by atoms with van der Waals surface area (Å²) in [7, 11) is 0. The highest BCUT2D eigenvalue weighted by Gasteiger charge is 2.10. The van der Waals surface area contributed by atoms with Crippen LogP contribution in [0.15, 0.2) is 22.9 Å². The number of aromatic carboxylic acids is 1. The first-order valence-electron chi connectivity index (χ1n) is 5.21. The predicted molar refractivity (Wildman–Crippen MR) is 64.2 cm³/mol. The Labute approximate surface area is 103 Å². The molecule has 0 aliphatic heterocycles. The summed E-state index contributed by atoms with van der Waals surface area (Å²) in [5.74, 6) is -0.0351. The maximum Gasteiger partial charge on any atom is 0.337 e. The van der Waals surface area contributed by atoms with Gasteiger partial charge in [0, 0.05) is 6.07 Å². The zero-order chi connectivity index (χ0) is 13.1. The molecule has 0 atom stereocenters. The number of carboxylic acids is 1. The molecule has 0 unspecified atom stereocenters. The highest BCUT2D eigenvalue weighted by atomic mass is 16.5. The van der Waals surface area contributed by atoms with Gasteiger partial charge in [-0.05, 0) is 13.0 Å². The summed E-state index contributed by atoms with van der Waals surface area (Å²) in [6, 6.07) is 3.16. The van der Waals surface area contributed by atoms with Crippen molar-refractivity contribution < 1.29 is 14.4 Å². The molecule has 94 valence electrons. The second-order valence-electron chi connectivity index (χ2n) is 3.75. The number of nitrogens with one attached hydrogen (secondary N) is 1. The maximum absolute atomic E-state index is 10.9. The number of nitrogens with two attached hydrogens (primary N) is 1. The van der Waals surface area contributed by atoms with E-state index in [9.17, 15) is 4.79 Å². The second kappa shape index (κ2) is 4.74. The Bertz CT molecular complexity index is 579. The van der Waals surface area contributed by atoms with Crippen molar-refractivity contribution in [1.29, 1.82) is 0 Å². The van der Waals surface area contributed by atoms with Crippen LogP contribution >= 0.6 is 0 Å². The summed E-state index contributed by atoms with van der Waals surface area (Å²) in [5, 5.41) is 15.6. The Morgan fingerprint density at radius 2 is 2.33 bits per heavy atom. The Balaban J connectivity index is 2.10. The molecule has 0 saturated heterocycles. The topological polar surface area (TPSA) is 114 Å². The first kappa shape index (κ1) is 11.9. The number of carboxylic acid groups (broad SMARTS) is 1. The third kappa shape index (κ3) is 2.57. The Kier molecular flexibility index (Phi) is 3.13. The molecule has 2 aromatic rings. The number of carbonyl (C=O) groups is 1. The van der Waals surface area contributed by atoms with Gasteiger partial charge in [-0.15, -0.1) is 0 Å². The van der Waals surface area contributed by atoms with Gasteiger partial charge in [-0.1, -0.05) is 5.16 Å². The predicted octanol–water partition coefficient (Wildman–Crippen LogP) is 1.27. The molecule has 0 aliphatic rings. The first-order chi connectivity index (χ1) is 8.56. The molecule has 2 aromatic heterocycles. The van der Waals surface area contributed by atoms with Crippen molar-refractivity contribution in [2.45, 2.75) is 13.5 Å². The summed E-state index contributed by atoms with van der Waals surface area (Å²) in [6.07, 6.45) is 1.30. The van der Waals surface area contributed by atoms with E-state index in [1.54, 1.807) is 6.07 Å². The summed E-state index contributed by atoms with van der Waals surface area (Å²) in [6.45, 7) is 2.19. The van der Waals surface area contributed by atoms with E-state index in [-0.39, 0.29) is 11.3 Å². The van der Waals surface area contributed by atoms with E-state index in [2.05, 4.69) is 15.5 Å². The van der Waals surface area contributed by atoms with Crippen molar-refractivity contribution in [2.75, 3.05) is 11.1 Å². The molecule has 0 radical (unpaired) electrons. The van der Waals surface area contributed by atoms with Crippen molar-refractivity contribution in [3.63, 3.8) is 0 Å². The number of hydrogen-bond donors (Lipinski definition) is 3. The van der Waals surface area contributed by atoms with Crippen molar-refractivity contribution in [3.8, 4) is 0 Å². The van der Waals surface area contributed by atoms with Gasteiger partial charge in [0.05, 0.1) is 29.7 Å². The highest BCUT2D eigenvalue weighted by Crippen LogP contribution is 2.15. The van der Waals surface area contributed by atoms with Gasteiger partial charge in [-0.2, -0.15) is 0 Å². The zero-order valence-electron chi connectivity index (χ0n) is 9.67. The molecule has 7 nitrogen and oxygen atoms in total. The van der Waals surface area contributed by atoms with Crippen molar-refractivity contribution in [3.05, 3.63) is 35.3 Å². The van der Waals surface area contributed by atoms with Gasteiger partial charge in [-0.3, -0.25) is 0 Å². The number of nitrogens with zero attached hydrogens (tertiary/aromatic N) is 2. The van der Waals surface area contributed by atoms with E-state index in [1.807, 2.05) is 6.92 Å². The van der Waals surface area contributed by atoms with Crippen LogP contribution in [0, 0.1) is 6.92 Å². The first-order valence-corrected chi connectivity index (χ1v) is 5.21. The van der Waals surface area contributed by atoms with Gasteiger partial charge >= 0.3 is 5.97 Å². The molecule has 2 rings (SSSR count). The average molecular weight is 248 g/mol. The Morgan fingerprint density at radius 1 is 1.56 bits per heavy atom. The van der Waals surface area contributed by atoms with Gasteiger partial charge in [0.25, 0.3) is 0 Å². The van der Waals surface area contributed by atoms with Crippen molar-refractivity contribution in [2.24, 2.45) is 0 Å². The minimum atomic E-state index is -1.09. The number of aryl methyl sites for hydroxylation is 1. The van der Waals surface area contributed by atoms with Crippen LogP contribution in [0.2, 0.25) is 0 Å². The maximum atomic E-state index is 10.9. The number of nitrogen functional groups attached to an aromatic ring is 1. The molecule has 7 heteroatoms. The summed E-state index contributed by atoms with van der Waals surface area (Å²) < 4.78 is 5.01. The fourth-order valence-electron chi connectivity index (χ4n) is 1.43. The number of anilines is 2. The van der Waals surface area contributed by atoms with Crippen LogP contribution in [0.5, 0.6) is 0 Å². The molecular formula is C11H12N4O3.